The number of hydrogen-bond donors (Lipinski definition) is 0. The van der Waals surface area contributed by atoms with Crippen LogP contribution in [0.1, 0.15) is 12.5 Å². The van der Waals surface area contributed by atoms with Gasteiger partial charge in [-0.2, -0.15) is 5.26 Å². The van der Waals surface area contributed by atoms with Crippen molar-refractivity contribution in [1.29, 1.82) is 5.26 Å². The molecule has 0 bridgehead atoms. The summed E-state index contributed by atoms with van der Waals surface area (Å²) < 4.78 is 0. The van der Waals surface area contributed by atoms with Gasteiger partial charge in [-0.25, -0.2) is 0 Å². The second-order valence-corrected chi connectivity index (χ2v) is 3.74. The third-order valence-corrected chi connectivity index (χ3v) is 2.67. The van der Waals surface area contributed by atoms with Gasteiger partial charge in [0.15, 0.2) is 0 Å². The Morgan fingerprint density at radius 3 is 2.35 bits per heavy atom. The number of para-hydroxylation sites is 1. The van der Waals surface area contributed by atoms with Crippen LogP contribution in [0.15, 0.2) is 54.6 Å². The summed E-state index contributed by atoms with van der Waals surface area (Å²) in [6, 6.07) is 20.0. The molecular formula is C15H14N2. The number of nitriles is 1. The Morgan fingerprint density at radius 2 is 1.71 bits per heavy atom. The number of hydrogen-bond acceptors (Lipinski definition) is 2. The van der Waals surface area contributed by atoms with Gasteiger partial charge in [0.05, 0.1) is 11.6 Å². The Hall–Kier alpha value is -2.27. The molecule has 0 N–H and O–H groups in total. The molecule has 0 unspecified atom stereocenters. The quantitative estimate of drug-likeness (QED) is 0.791. The molecule has 2 nitrogen and oxygen atoms in total. The highest BCUT2D eigenvalue weighted by Gasteiger charge is 2.06. The second-order valence-electron chi connectivity index (χ2n) is 3.74. The lowest BCUT2D eigenvalue weighted by atomic mass is 10.2. The van der Waals surface area contributed by atoms with Crippen LogP contribution < -0.4 is 4.90 Å². The molecule has 2 aromatic rings. The van der Waals surface area contributed by atoms with Gasteiger partial charge >= 0.3 is 0 Å². The Kier molecular flexibility index (Phi) is 3.42. The average Bonchev–Trinajstić information content (AvgIpc) is 2.41. The van der Waals surface area contributed by atoms with Gasteiger partial charge in [-0.1, -0.05) is 24.3 Å². The molecule has 2 aromatic carbocycles. The van der Waals surface area contributed by atoms with Crippen LogP contribution in [0.2, 0.25) is 0 Å². The van der Waals surface area contributed by atoms with E-state index in [1.54, 1.807) is 0 Å². The fourth-order valence-corrected chi connectivity index (χ4v) is 1.87. The predicted octanol–water partition coefficient (Wildman–Crippen LogP) is 3.72. The lowest BCUT2D eigenvalue weighted by Gasteiger charge is -2.23. The molecule has 0 aliphatic carbocycles. The Morgan fingerprint density at radius 1 is 1.00 bits per heavy atom. The predicted molar refractivity (Wildman–Crippen MR) is 70.3 cm³/mol. The molecule has 0 saturated heterocycles. The highest BCUT2D eigenvalue weighted by Crippen LogP contribution is 2.25. The van der Waals surface area contributed by atoms with E-state index in [-0.39, 0.29) is 0 Å². The first kappa shape index (κ1) is 11.2. The molecule has 0 radical (unpaired) electrons. The van der Waals surface area contributed by atoms with Gasteiger partial charge in [0.25, 0.3) is 0 Å². The lowest BCUT2D eigenvalue weighted by Crippen LogP contribution is -2.15. The summed E-state index contributed by atoms with van der Waals surface area (Å²) in [5.74, 6) is 0. The van der Waals surface area contributed by atoms with Crippen molar-refractivity contribution in [3.63, 3.8) is 0 Å². The van der Waals surface area contributed by atoms with Gasteiger partial charge in [-0.15, -0.1) is 0 Å². The van der Waals surface area contributed by atoms with Gasteiger partial charge in [-0.3, -0.25) is 0 Å². The minimum Gasteiger partial charge on any atom is -0.342 e. The molecule has 0 fully saturated rings. The molecule has 0 amide bonds. The first-order chi connectivity index (χ1) is 8.35. The van der Waals surface area contributed by atoms with Crippen molar-refractivity contribution in [1.82, 2.24) is 0 Å². The fourth-order valence-electron chi connectivity index (χ4n) is 1.87. The monoisotopic (exact) mass is 222 g/mol. The maximum absolute atomic E-state index is 8.92. The normalized spacial score (nSPS) is 9.65. The van der Waals surface area contributed by atoms with Gasteiger partial charge in [0.1, 0.15) is 0 Å². The van der Waals surface area contributed by atoms with Gasteiger partial charge in [0.2, 0.25) is 0 Å². The molecule has 0 atom stereocenters. The molecule has 0 aliphatic heterocycles. The maximum atomic E-state index is 8.92. The van der Waals surface area contributed by atoms with E-state index >= 15 is 0 Å². The lowest BCUT2D eigenvalue weighted by molar-refractivity contribution is 1.02. The van der Waals surface area contributed by atoms with E-state index in [1.807, 2.05) is 42.5 Å². The molecule has 17 heavy (non-hydrogen) atoms. The first-order valence-electron chi connectivity index (χ1n) is 5.68. The maximum Gasteiger partial charge on any atom is 0.0992 e. The Balaban J connectivity index is 2.39. The molecule has 0 spiro atoms. The summed E-state index contributed by atoms with van der Waals surface area (Å²) >= 11 is 0. The molecule has 0 aromatic heterocycles. The van der Waals surface area contributed by atoms with Crippen LogP contribution in [0.4, 0.5) is 11.4 Å². The van der Waals surface area contributed by atoms with E-state index in [1.165, 1.54) is 0 Å². The van der Waals surface area contributed by atoms with Crippen molar-refractivity contribution in [3.05, 3.63) is 60.2 Å². The van der Waals surface area contributed by atoms with Crippen molar-refractivity contribution in [2.75, 3.05) is 11.4 Å². The van der Waals surface area contributed by atoms with E-state index in [4.69, 9.17) is 5.26 Å². The van der Waals surface area contributed by atoms with Crippen LogP contribution in [0.3, 0.4) is 0 Å². The molecule has 0 saturated carbocycles. The standard InChI is InChI=1S/C15H14N2/c1-2-17(14-8-4-3-5-9-14)15-10-6-7-13(11-15)12-16/h3-11H,2H2,1H3. The van der Waals surface area contributed by atoms with Crippen LogP contribution >= 0.6 is 0 Å². The summed E-state index contributed by atoms with van der Waals surface area (Å²) in [5, 5.41) is 8.92. The summed E-state index contributed by atoms with van der Waals surface area (Å²) in [7, 11) is 0. The zero-order chi connectivity index (χ0) is 12.1. The highest BCUT2D eigenvalue weighted by molar-refractivity contribution is 5.64. The largest absolute Gasteiger partial charge is 0.342 e. The van der Waals surface area contributed by atoms with Crippen molar-refractivity contribution >= 4 is 11.4 Å². The molecule has 0 heterocycles. The van der Waals surface area contributed by atoms with Gasteiger partial charge in [0, 0.05) is 17.9 Å². The van der Waals surface area contributed by atoms with Gasteiger partial charge < -0.3 is 4.90 Å². The molecular weight excluding hydrogens is 208 g/mol. The molecule has 84 valence electrons. The third-order valence-electron chi connectivity index (χ3n) is 2.67. The summed E-state index contributed by atoms with van der Waals surface area (Å²) in [4.78, 5) is 2.18. The Bertz CT molecular complexity index is 526. The molecule has 2 heteroatoms. The summed E-state index contributed by atoms with van der Waals surface area (Å²) in [5.41, 5.74) is 2.89. The van der Waals surface area contributed by atoms with E-state index in [0.717, 1.165) is 17.9 Å². The van der Waals surface area contributed by atoms with Crippen molar-refractivity contribution in [3.8, 4) is 6.07 Å². The highest BCUT2D eigenvalue weighted by atomic mass is 15.1. The number of rotatable bonds is 3. The number of benzene rings is 2. The van der Waals surface area contributed by atoms with Crippen molar-refractivity contribution in [2.24, 2.45) is 0 Å². The summed E-state index contributed by atoms with van der Waals surface area (Å²) in [6.07, 6.45) is 0. The average molecular weight is 222 g/mol. The zero-order valence-corrected chi connectivity index (χ0v) is 9.80. The molecule has 2 rings (SSSR count). The topological polar surface area (TPSA) is 27.0 Å². The number of nitrogens with zero attached hydrogens (tertiary/aromatic N) is 2. The second kappa shape index (κ2) is 5.18. The minimum absolute atomic E-state index is 0.692. The van der Waals surface area contributed by atoms with Crippen LogP contribution in [0.5, 0.6) is 0 Å². The van der Waals surface area contributed by atoms with Crippen LogP contribution in [0, 0.1) is 11.3 Å². The SMILES string of the molecule is CCN(c1ccccc1)c1cccc(C#N)c1. The van der Waals surface area contributed by atoms with E-state index in [2.05, 4.69) is 30.0 Å². The van der Waals surface area contributed by atoms with Crippen LogP contribution in [-0.4, -0.2) is 6.54 Å². The van der Waals surface area contributed by atoms with E-state index in [0.29, 0.717) is 5.56 Å². The molecule has 0 aliphatic rings. The van der Waals surface area contributed by atoms with Crippen LogP contribution in [-0.2, 0) is 0 Å². The summed E-state index contributed by atoms with van der Waals surface area (Å²) in [6.45, 7) is 2.98. The van der Waals surface area contributed by atoms with Crippen molar-refractivity contribution < 1.29 is 0 Å². The first-order valence-corrected chi connectivity index (χ1v) is 5.68. The smallest absolute Gasteiger partial charge is 0.0992 e. The number of anilines is 2. The van der Waals surface area contributed by atoms with Crippen LogP contribution in [0.25, 0.3) is 0 Å². The Labute approximate surface area is 102 Å². The fraction of sp³-hybridized carbons (Fsp3) is 0.133. The van der Waals surface area contributed by atoms with Crippen molar-refractivity contribution in [2.45, 2.75) is 6.92 Å². The van der Waals surface area contributed by atoms with Gasteiger partial charge in [-0.05, 0) is 37.3 Å². The van der Waals surface area contributed by atoms with E-state index < -0.39 is 0 Å². The minimum atomic E-state index is 0.692. The van der Waals surface area contributed by atoms with E-state index in [9.17, 15) is 0 Å². The zero-order valence-electron chi connectivity index (χ0n) is 9.80. The third kappa shape index (κ3) is 2.46.